The van der Waals surface area contributed by atoms with Gasteiger partial charge in [0.1, 0.15) is 17.4 Å². The third-order valence-corrected chi connectivity index (χ3v) is 7.57. The van der Waals surface area contributed by atoms with Crippen molar-refractivity contribution >= 4 is 40.2 Å². The zero-order valence-corrected chi connectivity index (χ0v) is 20.3. The highest BCUT2D eigenvalue weighted by Gasteiger charge is 2.36. The molecule has 0 aliphatic carbocycles. The number of aromatic nitrogens is 4. The molecule has 2 saturated heterocycles. The van der Waals surface area contributed by atoms with Crippen molar-refractivity contribution in [1.29, 1.82) is 10.5 Å². The van der Waals surface area contributed by atoms with Gasteiger partial charge in [-0.25, -0.2) is 14.6 Å². The van der Waals surface area contributed by atoms with Gasteiger partial charge in [-0.2, -0.15) is 15.6 Å². The lowest BCUT2D eigenvalue weighted by Crippen LogP contribution is -2.53. The number of nitriles is 2. The first-order valence-electron chi connectivity index (χ1n) is 11.4. The second-order valence-electron chi connectivity index (χ2n) is 9.11. The van der Waals surface area contributed by atoms with Gasteiger partial charge < -0.3 is 4.90 Å². The molecule has 34 heavy (non-hydrogen) atoms. The number of hydrogen-bond donors (Lipinski definition) is 0. The van der Waals surface area contributed by atoms with Crippen LogP contribution in [0, 0.1) is 34.5 Å². The molecule has 0 saturated carbocycles. The number of halogens is 2. The molecule has 0 unspecified atom stereocenters. The highest BCUT2D eigenvalue weighted by atomic mass is 35.5. The van der Waals surface area contributed by atoms with Crippen LogP contribution in [0.15, 0.2) is 24.4 Å². The predicted molar refractivity (Wildman–Crippen MR) is 131 cm³/mol. The van der Waals surface area contributed by atoms with E-state index < -0.39 is 0 Å². The molecule has 5 rings (SSSR count). The Labute approximate surface area is 208 Å². The Morgan fingerprint density at radius 1 is 1.18 bits per heavy atom. The Kier molecular flexibility index (Phi) is 6.31. The van der Waals surface area contributed by atoms with E-state index in [9.17, 15) is 5.26 Å². The van der Waals surface area contributed by atoms with Crippen LogP contribution >= 0.6 is 23.2 Å². The van der Waals surface area contributed by atoms with E-state index in [4.69, 9.17) is 33.4 Å². The smallest absolute Gasteiger partial charge is 0.190 e. The fourth-order valence-corrected chi connectivity index (χ4v) is 5.65. The molecule has 2 atom stereocenters. The van der Waals surface area contributed by atoms with Gasteiger partial charge in [-0.15, -0.1) is 0 Å². The summed E-state index contributed by atoms with van der Waals surface area (Å²) in [6.45, 7) is 6.33. The van der Waals surface area contributed by atoms with Gasteiger partial charge in [-0.05, 0) is 55.8 Å². The molecule has 0 amide bonds. The van der Waals surface area contributed by atoms with E-state index in [1.165, 1.54) is 6.42 Å². The third-order valence-electron chi connectivity index (χ3n) is 7.01. The Hall–Kier alpha value is -2.91. The number of nitrogens with zero attached hydrogens (tertiary/aromatic N) is 8. The fourth-order valence-electron chi connectivity index (χ4n) is 5.09. The highest BCUT2D eigenvalue weighted by Crippen LogP contribution is 2.35. The van der Waals surface area contributed by atoms with Crippen LogP contribution < -0.4 is 4.90 Å². The maximum Gasteiger partial charge on any atom is 0.190 e. The van der Waals surface area contributed by atoms with Crippen molar-refractivity contribution in [1.82, 2.24) is 24.6 Å². The zero-order valence-electron chi connectivity index (χ0n) is 18.8. The number of fused-ring (bicyclic) bond motifs is 1. The monoisotopic (exact) mass is 494 g/mol. The molecule has 2 fully saturated rings. The summed E-state index contributed by atoms with van der Waals surface area (Å²) in [6.07, 6.45) is 4.09. The summed E-state index contributed by atoms with van der Waals surface area (Å²) in [5.74, 6) is 1.98. The van der Waals surface area contributed by atoms with Crippen LogP contribution in [-0.4, -0.2) is 57.4 Å². The Morgan fingerprint density at radius 2 is 2.00 bits per heavy atom. The van der Waals surface area contributed by atoms with Crippen LogP contribution in [0.25, 0.3) is 11.2 Å². The molecule has 4 heterocycles. The van der Waals surface area contributed by atoms with E-state index in [1.807, 2.05) is 13.0 Å². The third kappa shape index (κ3) is 4.18. The van der Waals surface area contributed by atoms with Crippen molar-refractivity contribution in [3.63, 3.8) is 0 Å². The largest absolute Gasteiger partial charge is 0.355 e. The van der Waals surface area contributed by atoms with Gasteiger partial charge in [-0.1, -0.05) is 29.3 Å². The van der Waals surface area contributed by atoms with E-state index in [2.05, 4.69) is 32.0 Å². The summed E-state index contributed by atoms with van der Waals surface area (Å²) < 4.78 is 1.72. The number of likely N-dealkylation sites (tertiary alicyclic amines) is 1. The van der Waals surface area contributed by atoms with Crippen LogP contribution in [-0.2, 0) is 0 Å². The van der Waals surface area contributed by atoms with E-state index in [0.717, 1.165) is 44.0 Å². The first-order chi connectivity index (χ1) is 16.5. The Bertz CT molecular complexity index is 1300. The van der Waals surface area contributed by atoms with Crippen LogP contribution in [0.1, 0.15) is 37.1 Å². The summed E-state index contributed by atoms with van der Waals surface area (Å²) in [5, 5.41) is 24.2. The summed E-state index contributed by atoms with van der Waals surface area (Å²) in [5.41, 5.74) is 2.14. The second-order valence-corrected chi connectivity index (χ2v) is 9.95. The number of anilines is 1. The molecule has 1 aromatic carbocycles. The van der Waals surface area contributed by atoms with Gasteiger partial charge in [0.25, 0.3) is 0 Å². The summed E-state index contributed by atoms with van der Waals surface area (Å²) >= 11 is 12.5. The van der Waals surface area contributed by atoms with E-state index >= 15 is 0 Å². The molecular formula is C24H24Cl2N8. The molecule has 2 aliphatic rings. The molecule has 0 radical (unpaired) electrons. The molecule has 2 aromatic heterocycles. The maximum absolute atomic E-state index is 9.60. The Balaban J connectivity index is 1.38. The van der Waals surface area contributed by atoms with Crippen molar-refractivity contribution in [3.8, 4) is 12.1 Å². The lowest BCUT2D eigenvalue weighted by molar-refractivity contribution is 0.130. The van der Waals surface area contributed by atoms with Crippen molar-refractivity contribution < 1.29 is 0 Å². The molecule has 0 bridgehead atoms. The van der Waals surface area contributed by atoms with E-state index in [0.29, 0.717) is 39.6 Å². The normalized spacial score (nSPS) is 20.0. The predicted octanol–water partition coefficient (Wildman–Crippen LogP) is 4.29. The quantitative estimate of drug-likeness (QED) is 0.487. The van der Waals surface area contributed by atoms with Gasteiger partial charge in [0.15, 0.2) is 11.3 Å². The minimum Gasteiger partial charge on any atom is -0.355 e. The molecular weight excluding hydrogens is 471 g/mol. The average molecular weight is 495 g/mol. The number of hydrogen-bond acceptors (Lipinski definition) is 7. The van der Waals surface area contributed by atoms with E-state index in [-0.39, 0.29) is 11.7 Å². The van der Waals surface area contributed by atoms with Gasteiger partial charge in [0, 0.05) is 29.7 Å². The Morgan fingerprint density at radius 3 is 2.74 bits per heavy atom. The summed E-state index contributed by atoms with van der Waals surface area (Å²) in [7, 11) is 0. The molecule has 8 nitrogen and oxygen atoms in total. The van der Waals surface area contributed by atoms with E-state index in [1.54, 1.807) is 23.0 Å². The SMILES string of the molecule is C[C@H](c1ccc(Cl)cc1Cl)n1nc(C#N)c2ncc(N3CC([C@H]4CCCN(CC#N)C4)C3)nc21. The molecule has 0 spiro atoms. The standard InChI is InChI=1S/C24H24Cl2N8/c1-15(19-5-4-18(25)9-20(19)26)34-24-23(21(10-28)31-34)29-11-22(30-24)33-13-17(14-33)16-3-2-7-32(12-16)8-6-27/h4-5,9,11,15-17H,2-3,7-8,12-14H2,1H3/t15-,16+/m1/s1. The number of piperidine rings is 1. The molecule has 2 aliphatic heterocycles. The second kappa shape index (κ2) is 9.38. The van der Waals surface area contributed by atoms with Crippen molar-refractivity contribution in [2.45, 2.75) is 25.8 Å². The van der Waals surface area contributed by atoms with Gasteiger partial charge in [-0.3, -0.25) is 4.90 Å². The average Bonchev–Trinajstić information content (AvgIpc) is 3.16. The first kappa shape index (κ1) is 22.9. The maximum atomic E-state index is 9.60. The fraction of sp³-hybridized carbons (Fsp3) is 0.458. The van der Waals surface area contributed by atoms with Crippen LogP contribution in [0.2, 0.25) is 10.0 Å². The summed E-state index contributed by atoms with van der Waals surface area (Å²) in [6, 6.07) is 9.51. The lowest BCUT2D eigenvalue weighted by atomic mass is 9.80. The molecule has 10 heteroatoms. The van der Waals surface area contributed by atoms with Crippen molar-refractivity contribution in [3.05, 3.63) is 45.7 Å². The minimum atomic E-state index is -0.253. The van der Waals surface area contributed by atoms with Crippen LogP contribution in [0.3, 0.4) is 0 Å². The van der Waals surface area contributed by atoms with Crippen LogP contribution in [0.5, 0.6) is 0 Å². The molecule has 0 N–H and O–H groups in total. The number of rotatable bonds is 5. The minimum absolute atomic E-state index is 0.243. The van der Waals surface area contributed by atoms with Crippen molar-refractivity contribution in [2.75, 3.05) is 37.6 Å². The highest BCUT2D eigenvalue weighted by molar-refractivity contribution is 6.35. The molecule has 174 valence electrons. The van der Waals surface area contributed by atoms with Gasteiger partial charge in [0.2, 0.25) is 0 Å². The topological polar surface area (TPSA) is 97.7 Å². The summed E-state index contributed by atoms with van der Waals surface area (Å²) in [4.78, 5) is 13.9. The zero-order chi connectivity index (χ0) is 23.8. The first-order valence-corrected chi connectivity index (χ1v) is 12.2. The van der Waals surface area contributed by atoms with Gasteiger partial charge in [0.05, 0.1) is 24.9 Å². The van der Waals surface area contributed by atoms with Crippen LogP contribution in [0.4, 0.5) is 5.82 Å². The van der Waals surface area contributed by atoms with Crippen molar-refractivity contribution in [2.24, 2.45) is 11.8 Å². The van der Waals surface area contributed by atoms with Gasteiger partial charge >= 0.3 is 0 Å². The lowest BCUT2D eigenvalue weighted by Gasteiger charge is -2.46. The molecule has 3 aromatic rings. The number of benzene rings is 1.